The van der Waals surface area contributed by atoms with Crippen molar-refractivity contribution < 1.29 is 9.90 Å². The lowest BCUT2D eigenvalue weighted by molar-refractivity contribution is -0.138. The van der Waals surface area contributed by atoms with Gasteiger partial charge in [-0.15, -0.1) is 11.3 Å². The minimum Gasteiger partial charge on any atom is -0.480 e. The van der Waals surface area contributed by atoms with Crippen LogP contribution in [0.15, 0.2) is 41.0 Å². The normalized spacial score (nSPS) is 17.1. The first-order valence-corrected chi connectivity index (χ1v) is 12.0. The fourth-order valence-corrected chi connectivity index (χ4v) is 5.60. The van der Waals surface area contributed by atoms with Gasteiger partial charge in [-0.05, 0) is 67.0 Å². The van der Waals surface area contributed by atoms with Gasteiger partial charge in [-0.2, -0.15) is 5.10 Å². The van der Waals surface area contributed by atoms with Crippen LogP contribution >= 0.6 is 22.9 Å². The molecule has 168 valence electrons. The van der Waals surface area contributed by atoms with Crippen molar-refractivity contribution in [3.8, 4) is 11.1 Å². The van der Waals surface area contributed by atoms with E-state index in [4.69, 9.17) is 16.6 Å². The summed E-state index contributed by atoms with van der Waals surface area (Å²) in [5, 5.41) is 23.2. The molecule has 0 aliphatic carbocycles. The van der Waals surface area contributed by atoms with E-state index in [0.717, 1.165) is 47.1 Å². The number of carboxylic acid groups (broad SMARTS) is 1. The minimum atomic E-state index is -0.940. The molecule has 0 bridgehead atoms. The van der Waals surface area contributed by atoms with Crippen molar-refractivity contribution in [2.24, 2.45) is 4.99 Å². The van der Waals surface area contributed by atoms with E-state index >= 15 is 0 Å². The Kier molecular flexibility index (Phi) is 6.40. The second-order valence-corrected chi connectivity index (χ2v) is 10.2. The average molecular weight is 471 g/mol. The number of carbonyl (C=O) groups is 1. The molecule has 0 saturated carbocycles. The number of rotatable bonds is 7. The number of aliphatic carboxylic acids is 1. The van der Waals surface area contributed by atoms with E-state index in [1.807, 2.05) is 24.4 Å². The number of amidine groups is 1. The molecule has 1 aromatic carbocycles. The van der Waals surface area contributed by atoms with Gasteiger partial charge in [0.05, 0.1) is 6.20 Å². The second kappa shape index (κ2) is 9.08. The van der Waals surface area contributed by atoms with Gasteiger partial charge < -0.3 is 10.4 Å². The smallest absolute Gasteiger partial charge is 0.328 e. The molecule has 0 radical (unpaired) electrons. The Balaban J connectivity index is 1.75. The van der Waals surface area contributed by atoms with Crippen molar-refractivity contribution in [1.82, 2.24) is 15.5 Å². The highest BCUT2D eigenvalue weighted by molar-refractivity contribution is 7.10. The topological polar surface area (TPSA) is 90.4 Å². The molecule has 0 spiro atoms. The number of fused-ring (bicyclic) bond motifs is 1. The fourth-order valence-electron chi connectivity index (χ4n) is 4.21. The van der Waals surface area contributed by atoms with E-state index in [-0.39, 0.29) is 5.54 Å². The van der Waals surface area contributed by atoms with E-state index in [9.17, 15) is 9.90 Å². The number of aliphatic imine (C=N–C) groups is 1. The number of nitrogens with one attached hydrogen (secondary N) is 2. The second-order valence-electron chi connectivity index (χ2n) is 8.81. The van der Waals surface area contributed by atoms with Gasteiger partial charge in [-0.1, -0.05) is 24.9 Å². The molecule has 3 aromatic rings. The Morgan fingerprint density at radius 3 is 2.88 bits per heavy atom. The number of hydrogen-bond donors (Lipinski definition) is 3. The summed E-state index contributed by atoms with van der Waals surface area (Å²) in [6.07, 6.45) is 6.63. The van der Waals surface area contributed by atoms with E-state index in [1.165, 1.54) is 4.88 Å². The highest BCUT2D eigenvalue weighted by Gasteiger charge is 2.31. The summed E-state index contributed by atoms with van der Waals surface area (Å²) in [5.74, 6) is -0.331. The van der Waals surface area contributed by atoms with Gasteiger partial charge >= 0.3 is 5.97 Å². The van der Waals surface area contributed by atoms with Crippen LogP contribution in [-0.4, -0.2) is 38.7 Å². The third-order valence-electron chi connectivity index (χ3n) is 5.65. The maximum Gasteiger partial charge on any atom is 0.328 e. The lowest BCUT2D eigenvalue weighted by Gasteiger charge is -2.35. The number of aromatic amines is 1. The summed E-state index contributed by atoms with van der Waals surface area (Å²) in [4.78, 5) is 18.3. The average Bonchev–Trinajstić information content (AvgIpc) is 3.36. The minimum absolute atomic E-state index is 0.253. The van der Waals surface area contributed by atoms with E-state index in [1.54, 1.807) is 17.5 Å². The summed E-state index contributed by atoms with van der Waals surface area (Å²) in [7, 11) is 0. The Bertz CT molecular complexity index is 1150. The maximum absolute atomic E-state index is 12.3. The molecule has 0 amide bonds. The summed E-state index contributed by atoms with van der Waals surface area (Å²) in [6.45, 7) is 6.29. The first-order valence-electron chi connectivity index (χ1n) is 10.7. The number of aryl methyl sites for hydroxylation is 1. The molecule has 1 aliphatic rings. The van der Waals surface area contributed by atoms with Crippen LogP contribution in [0.2, 0.25) is 5.02 Å². The van der Waals surface area contributed by atoms with Crippen LogP contribution in [0.1, 0.15) is 48.8 Å². The Labute approximate surface area is 196 Å². The lowest BCUT2D eigenvalue weighted by Crippen LogP contribution is -2.50. The number of carboxylic acids is 1. The molecule has 0 unspecified atom stereocenters. The van der Waals surface area contributed by atoms with Gasteiger partial charge in [0.2, 0.25) is 0 Å². The molecule has 2 aromatic heterocycles. The van der Waals surface area contributed by atoms with Crippen LogP contribution in [0.5, 0.6) is 0 Å². The maximum atomic E-state index is 12.3. The molecule has 1 aliphatic heterocycles. The van der Waals surface area contributed by atoms with Crippen LogP contribution in [0, 0.1) is 0 Å². The van der Waals surface area contributed by atoms with Crippen LogP contribution in [0.4, 0.5) is 0 Å². The number of halogens is 1. The Morgan fingerprint density at radius 2 is 2.19 bits per heavy atom. The molecule has 3 heterocycles. The van der Waals surface area contributed by atoms with Gasteiger partial charge in [-0.25, -0.2) is 4.79 Å². The van der Waals surface area contributed by atoms with Crippen molar-refractivity contribution >= 4 is 34.7 Å². The van der Waals surface area contributed by atoms with Crippen LogP contribution < -0.4 is 5.32 Å². The molecular formula is C24H27ClN4O2S. The zero-order valence-electron chi connectivity index (χ0n) is 18.4. The largest absolute Gasteiger partial charge is 0.480 e. The molecule has 32 heavy (non-hydrogen) atoms. The van der Waals surface area contributed by atoms with Gasteiger partial charge in [0, 0.05) is 39.2 Å². The lowest BCUT2D eigenvalue weighted by atomic mass is 9.87. The van der Waals surface area contributed by atoms with Crippen molar-refractivity contribution in [2.45, 2.75) is 58.0 Å². The molecule has 0 saturated heterocycles. The quantitative estimate of drug-likeness (QED) is 0.447. The number of aromatic nitrogens is 2. The van der Waals surface area contributed by atoms with Crippen LogP contribution in [0.3, 0.4) is 0 Å². The fraction of sp³-hybridized carbons (Fsp3) is 0.375. The standard InChI is InChI=1S/C24H27ClN4O2S/c1-4-5-21-18(19(13-32-21)15-11-26-27-12-15)9-20(23(30)31)28-22-17-7-6-16(25)8-14(17)10-24(2,3)29-22/h6-8,11-13,20H,4-5,9-10H2,1-3H3,(H,26,27)(H,28,29)(H,30,31)/t20-/m0/s1. The SMILES string of the molecule is CCCc1scc(-c2cn[nH]c2)c1C[C@H](N=C1NC(C)(C)Cc2cc(Cl)ccc21)C(=O)O. The molecular weight excluding hydrogens is 444 g/mol. The number of thiophene rings is 1. The zero-order valence-corrected chi connectivity index (χ0v) is 20.0. The molecule has 1 atom stereocenters. The van der Waals surface area contributed by atoms with Crippen molar-refractivity contribution in [2.75, 3.05) is 0 Å². The van der Waals surface area contributed by atoms with Gasteiger partial charge in [0.15, 0.2) is 6.04 Å². The third kappa shape index (κ3) is 4.74. The van der Waals surface area contributed by atoms with Crippen molar-refractivity contribution in [1.29, 1.82) is 0 Å². The molecule has 3 N–H and O–H groups in total. The van der Waals surface area contributed by atoms with Gasteiger partial charge in [0.1, 0.15) is 5.84 Å². The molecule has 6 nitrogen and oxygen atoms in total. The Morgan fingerprint density at radius 1 is 1.38 bits per heavy atom. The Hall–Kier alpha value is -2.64. The summed E-state index contributed by atoms with van der Waals surface area (Å²) in [6, 6.07) is 4.77. The summed E-state index contributed by atoms with van der Waals surface area (Å²) < 4.78 is 0. The van der Waals surface area contributed by atoms with Crippen LogP contribution in [-0.2, 0) is 24.1 Å². The van der Waals surface area contributed by atoms with E-state index < -0.39 is 12.0 Å². The number of H-pyrrole nitrogens is 1. The predicted molar refractivity (Wildman–Crippen MR) is 130 cm³/mol. The zero-order chi connectivity index (χ0) is 22.9. The number of nitrogens with zero attached hydrogens (tertiary/aromatic N) is 2. The number of hydrogen-bond acceptors (Lipinski definition) is 4. The summed E-state index contributed by atoms with van der Waals surface area (Å²) >= 11 is 7.90. The third-order valence-corrected chi connectivity index (χ3v) is 6.97. The predicted octanol–water partition coefficient (Wildman–Crippen LogP) is 5.11. The number of benzene rings is 1. The van der Waals surface area contributed by atoms with E-state index in [2.05, 4.69) is 41.7 Å². The molecule has 0 fully saturated rings. The molecule has 4 rings (SSSR count). The highest BCUT2D eigenvalue weighted by atomic mass is 35.5. The highest BCUT2D eigenvalue weighted by Crippen LogP contribution is 2.34. The first kappa shape index (κ1) is 22.6. The van der Waals surface area contributed by atoms with Crippen molar-refractivity contribution in [3.05, 3.63) is 62.6 Å². The van der Waals surface area contributed by atoms with Gasteiger partial charge in [-0.3, -0.25) is 10.1 Å². The van der Waals surface area contributed by atoms with E-state index in [0.29, 0.717) is 17.3 Å². The van der Waals surface area contributed by atoms with Gasteiger partial charge in [0.25, 0.3) is 0 Å². The first-order chi connectivity index (χ1) is 15.3. The monoisotopic (exact) mass is 470 g/mol. The molecule has 8 heteroatoms. The summed E-state index contributed by atoms with van der Waals surface area (Å²) in [5.41, 5.74) is 4.77. The van der Waals surface area contributed by atoms with Crippen LogP contribution in [0.25, 0.3) is 11.1 Å². The van der Waals surface area contributed by atoms with Crippen molar-refractivity contribution in [3.63, 3.8) is 0 Å².